The van der Waals surface area contributed by atoms with Crippen LogP contribution in [-0.4, -0.2) is 12.2 Å². The van der Waals surface area contributed by atoms with Crippen molar-refractivity contribution < 1.29 is 9.53 Å². The Hall–Kier alpha value is -1.51. The van der Waals surface area contributed by atoms with Crippen molar-refractivity contribution in [2.24, 2.45) is 5.73 Å². The summed E-state index contributed by atoms with van der Waals surface area (Å²) in [4.78, 5) is 10.7. The molecular weight excluding hydrogens is 190 g/mol. The van der Waals surface area contributed by atoms with Gasteiger partial charge in [-0.15, -0.1) is 0 Å². The van der Waals surface area contributed by atoms with Gasteiger partial charge < -0.3 is 10.5 Å². The summed E-state index contributed by atoms with van der Waals surface area (Å²) in [6, 6.07) is 10.0. The predicted octanol–water partition coefficient (Wildman–Crippen LogP) is 2.66. The minimum absolute atomic E-state index is 0.185. The molecule has 82 valence electrons. The molecule has 0 aliphatic rings. The van der Waals surface area contributed by atoms with Gasteiger partial charge in [-0.25, -0.2) is 4.79 Å². The number of ether oxygens (including phenoxy) is 1. The molecule has 0 fully saturated rings. The Morgan fingerprint density at radius 1 is 1.40 bits per heavy atom. The van der Waals surface area contributed by atoms with Gasteiger partial charge in [0.2, 0.25) is 0 Å². The first-order valence-corrected chi connectivity index (χ1v) is 5.16. The van der Waals surface area contributed by atoms with Gasteiger partial charge >= 0.3 is 6.09 Å². The van der Waals surface area contributed by atoms with E-state index < -0.39 is 6.09 Å². The summed E-state index contributed by atoms with van der Waals surface area (Å²) in [6.45, 7) is 3.93. The lowest BCUT2D eigenvalue weighted by molar-refractivity contribution is 0.0990. The second-order valence-electron chi connectivity index (χ2n) is 3.57. The molecule has 0 aromatic heterocycles. The van der Waals surface area contributed by atoms with Crippen molar-refractivity contribution in [3.8, 4) is 0 Å². The summed E-state index contributed by atoms with van der Waals surface area (Å²) >= 11 is 0. The Kier molecular flexibility index (Phi) is 4.16. The minimum atomic E-state index is -0.711. The van der Waals surface area contributed by atoms with Crippen LogP contribution < -0.4 is 5.73 Å². The molecule has 1 aromatic carbocycles. The van der Waals surface area contributed by atoms with Crippen molar-refractivity contribution in [1.29, 1.82) is 0 Å². The summed E-state index contributed by atoms with van der Waals surface area (Å²) < 4.78 is 5.00. The van der Waals surface area contributed by atoms with E-state index in [1.807, 2.05) is 37.3 Å². The van der Waals surface area contributed by atoms with Crippen LogP contribution in [0.15, 0.2) is 30.3 Å². The fourth-order valence-electron chi connectivity index (χ4n) is 1.80. The average Bonchev–Trinajstić information content (AvgIpc) is 2.19. The van der Waals surface area contributed by atoms with Crippen LogP contribution in [0.4, 0.5) is 4.79 Å². The highest BCUT2D eigenvalue weighted by atomic mass is 16.6. The lowest BCUT2D eigenvalue weighted by atomic mass is 9.92. The van der Waals surface area contributed by atoms with Crippen molar-refractivity contribution >= 4 is 6.09 Å². The van der Waals surface area contributed by atoms with Crippen molar-refractivity contribution in [3.05, 3.63) is 35.9 Å². The molecule has 0 saturated heterocycles. The molecule has 0 spiro atoms. The summed E-state index contributed by atoms with van der Waals surface area (Å²) in [5.41, 5.74) is 6.18. The van der Waals surface area contributed by atoms with E-state index in [1.165, 1.54) is 5.56 Å². The lowest BCUT2D eigenvalue weighted by Gasteiger charge is -2.22. The molecule has 0 heterocycles. The third kappa shape index (κ3) is 3.27. The largest absolute Gasteiger partial charge is 0.446 e. The highest BCUT2D eigenvalue weighted by molar-refractivity contribution is 5.64. The number of primary amides is 1. The van der Waals surface area contributed by atoms with Crippen molar-refractivity contribution in [2.45, 2.75) is 32.3 Å². The molecule has 1 aromatic rings. The molecule has 1 rings (SSSR count). The second-order valence-corrected chi connectivity index (χ2v) is 3.57. The molecule has 0 aliphatic heterocycles. The van der Waals surface area contributed by atoms with Crippen LogP contribution >= 0.6 is 0 Å². The van der Waals surface area contributed by atoms with Gasteiger partial charge in [0.25, 0.3) is 0 Å². The van der Waals surface area contributed by atoms with E-state index in [2.05, 4.69) is 6.92 Å². The topological polar surface area (TPSA) is 52.3 Å². The van der Waals surface area contributed by atoms with Crippen molar-refractivity contribution in [1.82, 2.24) is 0 Å². The molecule has 0 bridgehead atoms. The molecule has 2 unspecified atom stereocenters. The van der Waals surface area contributed by atoms with Gasteiger partial charge in [-0.1, -0.05) is 37.3 Å². The van der Waals surface area contributed by atoms with Gasteiger partial charge in [-0.3, -0.25) is 0 Å². The van der Waals surface area contributed by atoms with E-state index in [0.29, 0.717) is 0 Å². The van der Waals surface area contributed by atoms with Gasteiger partial charge in [0.1, 0.15) is 6.10 Å². The number of nitrogens with two attached hydrogens (primary N) is 1. The number of hydrogen-bond acceptors (Lipinski definition) is 2. The van der Waals surface area contributed by atoms with Gasteiger partial charge in [-0.2, -0.15) is 0 Å². The maximum atomic E-state index is 10.7. The van der Waals surface area contributed by atoms with E-state index in [-0.39, 0.29) is 12.0 Å². The Balaban J connectivity index is 2.75. The monoisotopic (exact) mass is 207 g/mol. The maximum Gasteiger partial charge on any atom is 0.404 e. The maximum absolute atomic E-state index is 10.7. The zero-order valence-electron chi connectivity index (χ0n) is 9.14. The summed E-state index contributed by atoms with van der Waals surface area (Å²) in [5.74, 6) is 0.207. The number of rotatable bonds is 4. The first-order chi connectivity index (χ1) is 7.15. The smallest absolute Gasteiger partial charge is 0.404 e. The van der Waals surface area contributed by atoms with Crippen LogP contribution in [0.5, 0.6) is 0 Å². The van der Waals surface area contributed by atoms with E-state index >= 15 is 0 Å². The molecule has 15 heavy (non-hydrogen) atoms. The molecule has 0 saturated carbocycles. The fraction of sp³-hybridized carbons (Fsp3) is 0.417. The standard InChI is InChI=1S/C12H17NO2/c1-3-11(9(2)15-12(13)14)10-7-5-4-6-8-10/h4-9,11H,3H2,1-2H3,(H2,13,14). The number of hydrogen-bond donors (Lipinski definition) is 1. The summed E-state index contributed by atoms with van der Waals surface area (Å²) in [5, 5.41) is 0. The second kappa shape index (κ2) is 5.39. The van der Waals surface area contributed by atoms with Crippen molar-refractivity contribution in [2.75, 3.05) is 0 Å². The molecule has 2 N–H and O–H groups in total. The summed E-state index contributed by atoms with van der Waals surface area (Å²) in [6.07, 6.45) is 0.0186. The van der Waals surface area contributed by atoms with E-state index in [9.17, 15) is 4.79 Å². The zero-order chi connectivity index (χ0) is 11.3. The molecule has 0 radical (unpaired) electrons. The van der Waals surface area contributed by atoms with E-state index in [0.717, 1.165) is 6.42 Å². The zero-order valence-corrected chi connectivity index (χ0v) is 9.14. The predicted molar refractivity (Wildman–Crippen MR) is 59.6 cm³/mol. The molecule has 0 aliphatic carbocycles. The number of amides is 1. The number of benzene rings is 1. The number of carbonyl (C=O) groups is 1. The van der Waals surface area contributed by atoms with Crippen molar-refractivity contribution in [3.63, 3.8) is 0 Å². The van der Waals surface area contributed by atoms with Gasteiger partial charge in [0.05, 0.1) is 0 Å². The molecule has 1 amide bonds. The average molecular weight is 207 g/mol. The van der Waals surface area contributed by atoms with Crippen LogP contribution in [0, 0.1) is 0 Å². The Morgan fingerprint density at radius 3 is 2.47 bits per heavy atom. The quantitative estimate of drug-likeness (QED) is 0.825. The third-order valence-electron chi connectivity index (χ3n) is 2.54. The lowest BCUT2D eigenvalue weighted by Crippen LogP contribution is -2.25. The first-order valence-electron chi connectivity index (χ1n) is 5.16. The van der Waals surface area contributed by atoms with Gasteiger partial charge in [0, 0.05) is 5.92 Å². The molecule has 3 nitrogen and oxygen atoms in total. The normalized spacial score (nSPS) is 14.3. The van der Waals surface area contributed by atoms with E-state index in [4.69, 9.17) is 10.5 Å². The Labute approximate surface area is 90.2 Å². The molecule has 3 heteroatoms. The van der Waals surface area contributed by atoms with Crippen LogP contribution in [0.3, 0.4) is 0 Å². The highest BCUT2D eigenvalue weighted by Gasteiger charge is 2.19. The minimum Gasteiger partial charge on any atom is -0.446 e. The molecule has 2 atom stereocenters. The van der Waals surface area contributed by atoms with Gasteiger partial charge in [0.15, 0.2) is 0 Å². The number of carbonyl (C=O) groups excluding carboxylic acids is 1. The van der Waals surface area contributed by atoms with Crippen LogP contribution in [0.1, 0.15) is 31.7 Å². The van der Waals surface area contributed by atoms with Crippen LogP contribution in [0.25, 0.3) is 0 Å². The van der Waals surface area contributed by atoms with Crippen LogP contribution in [0.2, 0.25) is 0 Å². The fourth-order valence-corrected chi connectivity index (χ4v) is 1.80. The van der Waals surface area contributed by atoms with Crippen LogP contribution in [-0.2, 0) is 4.74 Å². The Bertz CT molecular complexity index is 311. The summed E-state index contributed by atoms with van der Waals surface area (Å²) in [7, 11) is 0. The van der Waals surface area contributed by atoms with Gasteiger partial charge in [-0.05, 0) is 18.9 Å². The highest BCUT2D eigenvalue weighted by Crippen LogP contribution is 2.24. The Morgan fingerprint density at radius 2 is 2.00 bits per heavy atom. The SMILES string of the molecule is CCC(c1ccccc1)C(C)OC(N)=O. The third-order valence-corrected chi connectivity index (χ3v) is 2.54. The molecular formula is C12H17NO2. The van der Waals surface area contributed by atoms with E-state index in [1.54, 1.807) is 0 Å². The first kappa shape index (κ1) is 11.6.